The number of carbonyl (C=O) groups is 1. The first-order chi connectivity index (χ1) is 9.20. The third-order valence-corrected chi connectivity index (χ3v) is 3.86. The van der Waals surface area contributed by atoms with Crippen molar-refractivity contribution in [3.63, 3.8) is 0 Å². The molecule has 0 saturated carbocycles. The fourth-order valence-electron chi connectivity index (χ4n) is 2.54. The molecule has 2 heterocycles. The first-order valence-corrected chi connectivity index (χ1v) is 6.78. The molecule has 98 valence electrons. The van der Waals surface area contributed by atoms with Crippen molar-refractivity contribution < 1.29 is 4.79 Å². The number of amides is 1. The molecule has 4 nitrogen and oxygen atoms in total. The molecule has 5 heteroatoms. The number of thiocarbonyl (C=S) groups is 1. The molecule has 1 aliphatic heterocycles. The predicted octanol–water partition coefficient (Wildman–Crippen LogP) is 1.82. The third-order valence-electron chi connectivity index (χ3n) is 3.52. The highest BCUT2D eigenvalue weighted by molar-refractivity contribution is 7.80. The van der Waals surface area contributed by atoms with Gasteiger partial charge in [-0.1, -0.05) is 18.2 Å². The van der Waals surface area contributed by atoms with Crippen LogP contribution >= 0.6 is 12.2 Å². The fraction of sp³-hybridized carbons (Fsp3) is 0.286. The van der Waals surface area contributed by atoms with E-state index in [1.165, 1.54) is 0 Å². The van der Waals surface area contributed by atoms with Gasteiger partial charge in [-0.3, -0.25) is 9.69 Å². The van der Waals surface area contributed by atoms with Gasteiger partial charge in [-0.25, -0.2) is 0 Å². The van der Waals surface area contributed by atoms with Crippen LogP contribution in [0.5, 0.6) is 0 Å². The van der Waals surface area contributed by atoms with Crippen LogP contribution in [-0.2, 0) is 11.2 Å². The smallest absolute Gasteiger partial charge is 0.251 e. The lowest BCUT2D eigenvalue weighted by Crippen LogP contribution is -2.32. The van der Waals surface area contributed by atoms with Gasteiger partial charge in [-0.2, -0.15) is 0 Å². The molecule has 0 aliphatic carbocycles. The lowest BCUT2D eigenvalue weighted by Gasteiger charge is -2.10. The van der Waals surface area contributed by atoms with Crippen molar-refractivity contribution >= 4 is 34.1 Å². The minimum atomic E-state index is -0.244. The maximum absolute atomic E-state index is 12.2. The van der Waals surface area contributed by atoms with E-state index in [9.17, 15) is 4.79 Å². The minimum Gasteiger partial charge on any atom is -0.361 e. The molecule has 1 atom stereocenters. The molecule has 0 spiro atoms. The van der Waals surface area contributed by atoms with Gasteiger partial charge in [0.25, 0.3) is 5.91 Å². The summed E-state index contributed by atoms with van der Waals surface area (Å²) in [6.45, 7) is 2.55. The average Bonchev–Trinajstić information content (AvgIpc) is 2.93. The lowest BCUT2D eigenvalue weighted by atomic mass is 10.1. The summed E-state index contributed by atoms with van der Waals surface area (Å²) >= 11 is 5.17. The molecule has 1 amide bonds. The molecule has 1 fully saturated rings. The summed E-state index contributed by atoms with van der Waals surface area (Å²) in [5, 5.41) is 4.81. The van der Waals surface area contributed by atoms with Gasteiger partial charge >= 0.3 is 0 Å². The summed E-state index contributed by atoms with van der Waals surface area (Å²) in [4.78, 5) is 17.0. The second-order valence-corrected chi connectivity index (χ2v) is 5.03. The van der Waals surface area contributed by atoms with Crippen LogP contribution in [0.3, 0.4) is 0 Å². The predicted molar refractivity (Wildman–Crippen MR) is 78.9 cm³/mol. The number of nitrogens with zero attached hydrogens (tertiary/aromatic N) is 1. The van der Waals surface area contributed by atoms with Gasteiger partial charge in [0.1, 0.15) is 6.04 Å². The standard InChI is InChI=1S/C14H15N3OS/c1-2-17-13(18)12(16-14(17)19)7-9-8-15-11-6-4-3-5-10(9)11/h3-6,8,12,15H,2,7H2,1H3,(H,16,19)/t12-/m1/s1. The van der Waals surface area contributed by atoms with Crippen molar-refractivity contribution in [1.82, 2.24) is 15.2 Å². The molecule has 1 aromatic carbocycles. The highest BCUT2D eigenvalue weighted by Crippen LogP contribution is 2.21. The van der Waals surface area contributed by atoms with E-state index in [-0.39, 0.29) is 11.9 Å². The van der Waals surface area contributed by atoms with Crippen LogP contribution in [-0.4, -0.2) is 33.5 Å². The number of likely N-dealkylation sites (N-methyl/N-ethyl adjacent to an activating group) is 1. The second-order valence-electron chi connectivity index (χ2n) is 4.65. The van der Waals surface area contributed by atoms with Gasteiger partial charge in [0, 0.05) is 30.1 Å². The monoisotopic (exact) mass is 273 g/mol. The summed E-state index contributed by atoms with van der Waals surface area (Å²) in [6.07, 6.45) is 2.62. The maximum Gasteiger partial charge on any atom is 0.251 e. The molecule has 1 aromatic heterocycles. The summed E-state index contributed by atoms with van der Waals surface area (Å²) in [5.41, 5.74) is 2.24. The van der Waals surface area contributed by atoms with Crippen molar-refractivity contribution in [2.45, 2.75) is 19.4 Å². The van der Waals surface area contributed by atoms with Crippen molar-refractivity contribution in [2.24, 2.45) is 0 Å². The first-order valence-electron chi connectivity index (χ1n) is 6.37. The summed E-state index contributed by atoms with van der Waals surface area (Å²) < 4.78 is 0. The Morgan fingerprint density at radius 1 is 1.37 bits per heavy atom. The molecule has 0 radical (unpaired) electrons. The van der Waals surface area contributed by atoms with Crippen molar-refractivity contribution in [2.75, 3.05) is 6.54 Å². The molecule has 1 aliphatic rings. The Hall–Kier alpha value is -1.88. The van der Waals surface area contributed by atoms with E-state index in [0.717, 1.165) is 16.5 Å². The Bertz CT molecular complexity index is 649. The molecule has 1 saturated heterocycles. The van der Waals surface area contributed by atoms with Crippen LogP contribution < -0.4 is 5.32 Å². The van der Waals surface area contributed by atoms with E-state index < -0.39 is 0 Å². The SMILES string of the molecule is CCN1C(=O)[C@@H](Cc2c[nH]c3ccccc23)NC1=S. The minimum absolute atomic E-state index is 0.0674. The number of benzene rings is 1. The summed E-state index contributed by atoms with van der Waals surface area (Å²) in [5.74, 6) is 0.0674. The number of hydrogen-bond acceptors (Lipinski definition) is 2. The van der Waals surface area contributed by atoms with E-state index in [1.54, 1.807) is 4.90 Å². The van der Waals surface area contributed by atoms with Gasteiger partial charge in [-0.05, 0) is 30.8 Å². The topological polar surface area (TPSA) is 48.1 Å². The molecular weight excluding hydrogens is 258 g/mol. The normalized spacial score (nSPS) is 19.2. The average molecular weight is 273 g/mol. The zero-order valence-corrected chi connectivity index (χ0v) is 11.5. The van der Waals surface area contributed by atoms with E-state index in [0.29, 0.717) is 18.1 Å². The van der Waals surface area contributed by atoms with Gasteiger partial charge in [0.15, 0.2) is 5.11 Å². The number of para-hydroxylation sites is 1. The highest BCUT2D eigenvalue weighted by atomic mass is 32.1. The van der Waals surface area contributed by atoms with Gasteiger partial charge in [-0.15, -0.1) is 0 Å². The Labute approximate surface area is 116 Å². The first kappa shape index (κ1) is 12.2. The van der Waals surface area contributed by atoms with Crippen LogP contribution in [0, 0.1) is 0 Å². The number of aromatic amines is 1. The third kappa shape index (κ3) is 2.00. The fourth-order valence-corrected chi connectivity index (χ4v) is 2.90. The number of aromatic nitrogens is 1. The zero-order chi connectivity index (χ0) is 13.4. The molecule has 2 aromatic rings. The number of fused-ring (bicyclic) bond motifs is 1. The number of carbonyl (C=O) groups excluding carboxylic acids is 1. The molecule has 0 unspecified atom stereocenters. The largest absolute Gasteiger partial charge is 0.361 e. The lowest BCUT2D eigenvalue weighted by molar-refractivity contribution is -0.126. The highest BCUT2D eigenvalue weighted by Gasteiger charge is 2.34. The molecule has 19 heavy (non-hydrogen) atoms. The zero-order valence-electron chi connectivity index (χ0n) is 10.6. The Kier molecular flexibility index (Phi) is 2.98. The molecule has 3 rings (SSSR count). The summed E-state index contributed by atoms with van der Waals surface area (Å²) in [7, 11) is 0. The quantitative estimate of drug-likeness (QED) is 0.839. The number of H-pyrrole nitrogens is 1. The van der Waals surface area contributed by atoms with Crippen LogP contribution in [0.4, 0.5) is 0 Å². The Morgan fingerprint density at radius 2 is 2.16 bits per heavy atom. The number of hydrogen-bond donors (Lipinski definition) is 2. The van der Waals surface area contributed by atoms with E-state index in [4.69, 9.17) is 12.2 Å². The summed E-state index contributed by atoms with van der Waals surface area (Å²) in [6, 6.07) is 7.86. The van der Waals surface area contributed by atoms with Gasteiger partial charge in [0.2, 0.25) is 0 Å². The van der Waals surface area contributed by atoms with E-state index >= 15 is 0 Å². The van der Waals surface area contributed by atoms with Crippen molar-refractivity contribution in [3.8, 4) is 0 Å². The van der Waals surface area contributed by atoms with Crippen molar-refractivity contribution in [1.29, 1.82) is 0 Å². The van der Waals surface area contributed by atoms with Crippen LogP contribution in [0.15, 0.2) is 30.5 Å². The van der Waals surface area contributed by atoms with Crippen LogP contribution in [0.25, 0.3) is 10.9 Å². The van der Waals surface area contributed by atoms with Gasteiger partial charge in [0.05, 0.1) is 0 Å². The van der Waals surface area contributed by atoms with Crippen molar-refractivity contribution in [3.05, 3.63) is 36.0 Å². The molecule has 2 N–H and O–H groups in total. The van der Waals surface area contributed by atoms with Crippen LogP contribution in [0.2, 0.25) is 0 Å². The molecule has 0 bridgehead atoms. The second kappa shape index (κ2) is 4.66. The molecular formula is C14H15N3OS. The van der Waals surface area contributed by atoms with Gasteiger partial charge < -0.3 is 10.3 Å². The maximum atomic E-state index is 12.2. The van der Waals surface area contributed by atoms with E-state index in [1.807, 2.05) is 31.3 Å². The number of nitrogens with one attached hydrogen (secondary N) is 2. The Balaban J connectivity index is 1.86. The van der Waals surface area contributed by atoms with Crippen LogP contribution in [0.1, 0.15) is 12.5 Å². The van der Waals surface area contributed by atoms with E-state index in [2.05, 4.69) is 16.4 Å². The number of rotatable bonds is 3. The Morgan fingerprint density at radius 3 is 2.89 bits per heavy atom.